The van der Waals surface area contributed by atoms with Gasteiger partial charge in [-0.2, -0.15) is 0 Å². The molecular formula is C9H13ClN2O3S. The molecule has 0 unspecified atom stereocenters. The predicted octanol–water partition coefficient (Wildman–Crippen LogP) is 0.587. The number of rotatable bonds is 4. The Hall–Kier alpha value is -0.660. The van der Waals surface area contributed by atoms with Crippen LogP contribution in [0.25, 0.3) is 0 Å². The van der Waals surface area contributed by atoms with Gasteiger partial charge in [-0.05, 0) is 23.8 Å². The number of hydrogen-bond acceptors (Lipinski definition) is 4. The van der Waals surface area contributed by atoms with Gasteiger partial charge in [0.05, 0.1) is 11.5 Å². The number of nitrogens with one attached hydrogen (secondary N) is 1. The number of benzene rings is 1. The second kappa shape index (κ2) is 5.11. The molecule has 0 fully saturated rings. The van der Waals surface area contributed by atoms with E-state index in [9.17, 15) is 8.42 Å². The van der Waals surface area contributed by atoms with Crippen molar-refractivity contribution in [1.82, 2.24) is 9.84 Å². The lowest BCUT2D eigenvalue weighted by atomic mass is 10.2. The van der Waals surface area contributed by atoms with E-state index in [-0.39, 0.29) is 11.5 Å². The van der Waals surface area contributed by atoms with E-state index in [1.54, 1.807) is 14.1 Å². The third-order valence-electron chi connectivity index (χ3n) is 1.80. The zero-order chi connectivity index (χ0) is 12.3. The number of aliphatic hydroxyl groups is 1. The molecule has 1 aromatic carbocycles. The van der Waals surface area contributed by atoms with Gasteiger partial charge in [0.25, 0.3) is 10.0 Å². The topological polar surface area (TPSA) is 69.6 Å². The fraction of sp³-hybridized carbons (Fsp3) is 0.333. The standard InChI is InChI=1S/C9H13ClN2O3S/c1-12(2)11-16(14,15)8-3-4-9(10)7(5-8)6-13/h3-5,11,13H,6H2,1-2H3. The van der Waals surface area contributed by atoms with E-state index in [4.69, 9.17) is 16.7 Å². The summed E-state index contributed by atoms with van der Waals surface area (Å²) in [5.41, 5.74) is 0.378. The van der Waals surface area contributed by atoms with Crippen LogP contribution in [0.3, 0.4) is 0 Å². The van der Waals surface area contributed by atoms with Gasteiger partial charge in [0, 0.05) is 19.1 Å². The Morgan fingerprint density at radius 2 is 2.06 bits per heavy atom. The molecule has 5 nitrogen and oxygen atoms in total. The van der Waals surface area contributed by atoms with Crippen LogP contribution in [0.2, 0.25) is 5.02 Å². The molecule has 0 atom stereocenters. The van der Waals surface area contributed by atoms with Gasteiger partial charge in [0.15, 0.2) is 0 Å². The maximum Gasteiger partial charge on any atom is 0.253 e. The maximum absolute atomic E-state index is 11.7. The van der Waals surface area contributed by atoms with Gasteiger partial charge in [-0.1, -0.05) is 11.6 Å². The quantitative estimate of drug-likeness (QED) is 0.781. The average molecular weight is 265 g/mol. The van der Waals surface area contributed by atoms with Gasteiger partial charge in [0.1, 0.15) is 0 Å². The summed E-state index contributed by atoms with van der Waals surface area (Å²) in [5.74, 6) is 0. The van der Waals surface area contributed by atoms with E-state index in [0.717, 1.165) is 0 Å². The Kier molecular flexibility index (Phi) is 4.28. The highest BCUT2D eigenvalue weighted by Crippen LogP contribution is 2.20. The summed E-state index contributed by atoms with van der Waals surface area (Å²) in [6.45, 7) is -0.301. The second-order valence-corrected chi connectivity index (χ2v) is 5.47. The Morgan fingerprint density at radius 1 is 1.44 bits per heavy atom. The first kappa shape index (κ1) is 13.4. The van der Waals surface area contributed by atoms with Crippen LogP contribution in [-0.2, 0) is 16.6 Å². The molecule has 1 aromatic rings. The normalized spacial score (nSPS) is 12.1. The fourth-order valence-electron chi connectivity index (χ4n) is 1.13. The van der Waals surface area contributed by atoms with Gasteiger partial charge in [-0.15, -0.1) is 4.83 Å². The molecule has 0 saturated heterocycles. The molecule has 0 aliphatic carbocycles. The molecule has 0 aliphatic rings. The predicted molar refractivity (Wildman–Crippen MR) is 61.4 cm³/mol. The highest BCUT2D eigenvalue weighted by molar-refractivity contribution is 7.89. The summed E-state index contributed by atoms with van der Waals surface area (Å²) in [6.07, 6.45) is 0. The first-order chi connectivity index (χ1) is 7.36. The molecule has 0 saturated carbocycles. The van der Waals surface area contributed by atoms with Gasteiger partial charge in [0.2, 0.25) is 0 Å². The molecule has 0 amide bonds. The van der Waals surface area contributed by atoms with Gasteiger partial charge in [-0.3, -0.25) is 0 Å². The highest BCUT2D eigenvalue weighted by Gasteiger charge is 2.16. The molecule has 90 valence electrons. The van der Waals surface area contributed by atoms with Crippen molar-refractivity contribution in [2.75, 3.05) is 14.1 Å². The van der Waals surface area contributed by atoms with Crippen molar-refractivity contribution in [2.45, 2.75) is 11.5 Å². The average Bonchev–Trinajstić information content (AvgIpc) is 2.16. The molecule has 0 aromatic heterocycles. The third kappa shape index (κ3) is 3.16. The Labute approximate surface area is 99.7 Å². The molecule has 0 spiro atoms. The number of sulfonamides is 1. The van der Waals surface area contributed by atoms with Crippen LogP contribution in [0.15, 0.2) is 23.1 Å². The fourth-order valence-corrected chi connectivity index (χ4v) is 2.44. The molecular weight excluding hydrogens is 252 g/mol. The van der Waals surface area contributed by atoms with Gasteiger partial charge >= 0.3 is 0 Å². The third-order valence-corrected chi connectivity index (χ3v) is 3.65. The lowest BCUT2D eigenvalue weighted by Crippen LogP contribution is -2.36. The maximum atomic E-state index is 11.7. The molecule has 0 heterocycles. The van der Waals surface area contributed by atoms with Crippen molar-refractivity contribution >= 4 is 21.6 Å². The van der Waals surface area contributed by atoms with Crippen LogP contribution in [-0.4, -0.2) is 32.6 Å². The summed E-state index contributed by atoms with van der Waals surface area (Å²) in [6, 6.07) is 4.17. The number of hydrazine groups is 1. The van der Waals surface area contributed by atoms with Crippen molar-refractivity contribution in [3.05, 3.63) is 28.8 Å². The SMILES string of the molecule is CN(C)NS(=O)(=O)c1ccc(Cl)c(CO)c1. The number of halogens is 1. The summed E-state index contributed by atoms with van der Waals surface area (Å²) in [5, 5.41) is 10.6. The number of hydrogen-bond donors (Lipinski definition) is 2. The van der Waals surface area contributed by atoms with Crippen molar-refractivity contribution in [3.63, 3.8) is 0 Å². The van der Waals surface area contributed by atoms with Crippen molar-refractivity contribution < 1.29 is 13.5 Å². The number of aliphatic hydroxyl groups excluding tert-OH is 1. The lowest BCUT2D eigenvalue weighted by molar-refractivity contribution is 0.281. The highest BCUT2D eigenvalue weighted by atomic mass is 35.5. The minimum atomic E-state index is -3.60. The molecule has 7 heteroatoms. The Balaban J connectivity index is 3.14. The number of nitrogens with zero attached hydrogens (tertiary/aromatic N) is 1. The smallest absolute Gasteiger partial charge is 0.253 e. The Bertz CT molecular complexity index is 474. The summed E-state index contributed by atoms with van der Waals surface area (Å²) >= 11 is 5.77. The molecule has 0 aliphatic heterocycles. The molecule has 16 heavy (non-hydrogen) atoms. The summed E-state index contributed by atoms with van der Waals surface area (Å²) in [7, 11) is -0.463. The van der Waals surface area contributed by atoms with E-state index >= 15 is 0 Å². The summed E-state index contributed by atoms with van der Waals surface area (Å²) < 4.78 is 23.5. The Morgan fingerprint density at radius 3 is 2.56 bits per heavy atom. The van der Waals surface area contributed by atoms with Crippen LogP contribution < -0.4 is 4.83 Å². The second-order valence-electron chi connectivity index (χ2n) is 3.40. The molecule has 1 rings (SSSR count). The molecule has 0 radical (unpaired) electrons. The van der Waals surface area contributed by atoms with E-state index in [1.165, 1.54) is 23.2 Å². The first-order valence-electron chi connectivity index (χ1n) is 4.46. The van der Waals surface area contributed by atoms with E-state index in [2.05, 4.69) is 4.83 Å². The van der Waals surface area contributed by atoms with Crippen molar-refractivity contribution in [1.29, 1.82) is 0 Å². The lowest BCUT2D eigenvalue weighted by Gasteiger charge is -2.13. The minimum Gasteiger partial charge on any atom is -0.392 e. The van der Waals surface area contributed by atoms with Crippen molar-refractivity contribution in [2.24, 2.45) is 0 Å². The van der Waals surface area contributed by atoms with E-state index in [1.807, 2.05) is 0 Å². The van der Waals surface area contributed by atoms with Crippen LogP contribution in [0.4, 0.5) is 0 Å². The van der Waals surface area contributed by atoms with Crippen LogP contribution in [0.1, 0.15) is 5.56 Å². The van der Waals surface area contributed by atoms with Gasteiger partial charge in [-0.25, -0.2) is 13.4 Å². The van der Waals surface area contributed by atoms with Gasteiger partial charge < -0.3 is 5.11 Å². The molecule has 2 N–H and O–H groups in total. The van der Waals surface area contributed by atoms with Crippen LogP contribution in [0.5, 0.6) is 0 Å². The van der Waals surface area contributed by atoms with Crippen molar-refractivity contribution in [3.8, 4) is 0 Å². The largest absolute Gasteiger partial charge is 0.392 e. The minimum absolute atomic E-state index is 0.0645. The summed E-state index contributed by atoms with van der Waals surface area (Å²) in [4.78, 5) is 2.35. The zero-order valence-corrected chi connectivity index (χ0v) is 10.5. The monoisotopic (exact) mass is 264 g/mol. The van der Waals surface area contributed by atoms with Crippen LogP contribution >= 0.6 is 11.6 Å². The zero-order valence-electron chi connectivity index (χ0n) is 8.94. The first-order valence-corrected chi connectivity index (χ1v) is 6.32. The van der Waals surface area contributed by atoms with E-state index in [0.29, 0.717) is 10.6 Å². The molecule has 0 bridgehead atoms. The van der Waals surface area contributed by atoms with Crippen LogP contribution in [0, 0.1) is 0 Å². The van der Waals surface area contributed by atoms with E-state index < -0.39 is 10.0 Å².